The van der Waals surface area contributed by atoms with Crippen molar-refractivity contribution in [1.82, 2.24) is 20.7 Å². The van der Waals surface area contributed by atoms with Gasteiger partial charge in [0.25, 0.3) is 0 Å². The quantitative estimate of drug-likeness (QED) is 0.377. The topological polar surface area (TPSA) is 86.7 Å². The number of amidine groups is 1. The van der Waals surface area contributed by atoms with Crippen molar-refractivity contribution >= 4 is 29.0 Å². The zero-order valence-corrected chi connectivity index (χ0v) is 16.4. The molecule has 0 aliphatic heterocycles. The van der Waals surface area contributed by atoms with Gasteiger partial charge in [0.15, 0.2) is 0 Å². The smallest absolute Gasteiger partial charge is 0.247 e. The molecule has 0 radical (unpaired) electrons. The predicted octanol–water partition coefficient (Wildman–Crippen LogP) is 2.52. The second-order valence-corrected chi connectivity index (χ2v) is 5.25. The Morgan fingerprint density at radius 1 is 1.38 bits per heavy atom. The molecule has 24 heavy (non-hydrogen) atoms. The van der Waals surface area contributed by atoms with Gasteiger partial charge in [-0.25, -0.2) is 4.99 Å². The van der Waals surface area contributed by atoms with Crippen LogP contribution in [0.25, 0.3) is 0 Å². The molecule has 1 rings (SSSR count). The number of aliphatic imine (C=N–C) groups is 1. The Hall–Kier alpha value is -2.22. The molecule has 0 aromatic carbocycles. The van der Waals surface area contributed by atoms with E-state index >= 15 is 0 Å². The molecule has 2 amide bonds. The van der Waals surface area contributed by atoms with Gasteiger partial charge in [0.1, 0.15) is 12.3 Å². The van der Waals surface area contributed by atoms with E-state index in [2.05, 4.69) is 20.7 Å². The third-order valence-corrected chi connectivity index (χ3v) is 3.05. The summed E-state index contributed by atoms with van der Waals surface area (Å²) in [5.41, 5.74) is 2.52. The first-order valence-corrected chi connectivity index (χ1v) is 8.54. The number of carbonyl (C=O) groups is 2. The highest BCUT2D eigenvalue weighted by atomic mass is 32.1. The van der Waals surface area contributed by atoms with Crippen LogP contribution in [0.4, 0.5) is 0 Å². The maximum Gasteiger partial charge on any atom is 0.247 e. The van der Waals surface area contributed by atoms with Gasteiger partial charge < -0.3 is 5.32 Å². The van der Waals surface area contributed by atoms with Gasteiger partial charge in [-0.2, -0.15) is 0 Å². The number of nitrogens with zero attached hydrogens (tertiary/aromatic N) is 3. The number of aromatic nitrogens is 1. The Labute approximate surface area is 148 Å². The Morgan fingerprint density at radius 3 is 2.38 bits per heavy atom. The molecule has 0 bridgehead atoms. The van der Waals surface area contributed by atoms with E-state index in [1.807, 2.05) is 33.1 Å². The molecule has 8 heteroatoms. The van der Waals surface area contributed by atoms with E-state index in [1.54, 1.807) is 43.8 Å². The highest BCUT2D eigenvalue weighted by Crippen LogP contribution is 1.98. The van der Waals surface area contributed by atoms with Crippen LogP contribution in [-0.2, 0) is 9.59 Å². The number of nitrogens with one attached hydrogen (secondary N) is 2. The van der Waals surface area contributed by atoms with Crippen LogP contribution in [0.15, 0.2) is 28.8 Å². The molecule has 0 saturated heterocycles. The minimum absolute atomic E-state index is 0.197. The maximum absolute atomic E-state index is 11.3. The molecule has 7 nitrogen and oxygen atoms in total. The fourth-order valence-corrected chi connectivity index (χ4v) is 1.55. The molecule has 136 valence electrons. The van der Waals surface area contributed by atoms with E-state index in [1.165, 1.54) is 12.1 Å². The van der Waals surface area contributed by atoms with Crippen LogP contribution in [0.1, 0.15) is 39.1 Å². The summed E-state index contributed by atoms with van der Waals surface area (Å²) in [7, 11) is 3.14. The van der Waals surface area contributed by atoms with Gasteiger partial charge >= 0.3 is 0 Å². The van der Waals surface area contributed by atoms with Gasteiger partial charge in [0, 0.05) is 31.9 Å². The summed E-state index contributed by atoms with van der Waals surface area (Å²) < 4.78 is 0. The normalized spacial score (nSPS) is 10.0. The standard InChI is InChI=1S/C10H18N4O2.C4H5NS.C2H6/c1-5-6-12-8(2)14(4)13-10(16)7-9(15)11-3;1-4-5-2-3-6-4;1-2/h5-6H,7H2,1-4H3,(H,11,15)(H,13,16);2-3H,1H3;1-2H3/b6-5-,12-8?;;. The van der Waals surface area contributed by atoms with Crippen molar-refractivity contribution in [1.29, 1.82) is 0 Å². The fourth-order valence-electron chi connectivity index (χ4n) is 1.11. The molecule has 1 heterocycles. The number of thiazole rings is 1. The minimum atomic E-state index is -0.378. The van der Waals surface area contributed by atoms with Crippen molar-refractivity contribution in [2.75, 3.05) is 14.1 Å². The van der Waals surface area contributed by atoms with Gasteiger partial charge in [0.05, 0.1) is 5.01 Å². The lowest BCUT2D eigenvalue weighted by Gasteiger charge is -2.18. The molecule has 0 aliphatic carbocycles. The predicted molar refractivity (Wildman–Crippen MR) is 101 cm³/mol. The summed E-state index contributed by atoms with van der Waals surface area (Å²) in [5, 5.41) is 6.94. The van der Waals surface area contributed by atoms with Crippen LogP contribution in [0.2, 0.25) is 0 Å². The zero-order valence-electron chi connectivity index (χ0n) is 15.6. The summed E-state index contributed by atoms with van der Waals surface area (Å²) in [6.07, 6.45) is 5.01. The van der Waals surface area contributed by atoms with Crippen LogP contribution in [-0.4, -0.2) is 41.7 Å². The molecule has 0 atom stereocenters. The van der Waals surface area contributed by atoms with Crippen molar-refractivity contribution in [2.45, 2.75) is 41.0 Å². The van der Waals surface area contributed by atoms with Gasteiger partial charge in [-0.1, -0.05) is 19.9 Å². The summed E-state index contributed by atoms with van der Waals surface area (Å²) in [5.74, 6) is -0.0748. The molecular formula is C16H29N5O2S. The van der Waals surface area contributed by atoms with E-state index < -0.39 is 0 Å². The summed E-state index contributed by atoms with van der Waals surface area (Å²) in [6.45, 7) is 9.59. The van der Waals surface area contributed by atoms with Gasteiger partial charge in [-0.15, -0.1) is 11.3 Å². The highest BCUT2D eigenvalue weighted by Gasteiger charge is 2.09. The van der Waals surface area contributed by atoms with Crippen LogP contribution in [0.5, 0.6) is 0 Å². The number of hydrogen-bond acceptors (Lipinski definition) is 5. The van der Waals surface area contributed by atoms with E-state index in [-0.39, 0.29) is 18.2 Å². The number of allylic oxidation sites excluding steroid dienone is 1. The number of aryl methyl sites for hydroxylation is 1. The number of rotatable bonds is 3. The first-order chi connectivity index (χ1) is 11.4. The van der Waals surface area contributed by atoms with Crippen LogP contribution >= 0.6 is 11.3 Å². The first-order valence-electron chi connectivity index (χ1n) is 7.66. The molecule has 1 aromatic heterocycles. The van der Waals surface area contributed by atoms with E-state index in [0.717, 1.165) is 5.01 Å². The molecule has 1 aromatic rings. The SMILES string of the molecule is C/C=C\N=C(C)N(C)NC(=O)CC(=O)NC.CC.Cc1nccs1. The van der Waals surface area contributed by atoms with Crippen molar-refractivity contribution in [3.63, 3.8) is 0 Å². The Morgan fingerprint density at radius 2 is 2.00 bits per heavy atom. The van der Waals surface area contributed by atoms with E-state index in [4.69, 9.17) is 0 Å². The third-order valence-electron chi connectivity index (χ3n) is 2.34. The van der Waals surface area contributed by atoms with Crippen molar-refractivity contribution in [2.24, 2.45) is 4.99 Å². The lowest BCUT2D eigenvalue weighted by Crippen LogP contribution is -2.43. The first kappa shape index (κ1) is 24.0. The second-order valence-electron chi connectivity index (χ2n) is 4.15. The molecule has 2 N–H and O–H groups in total. The average molecular weight is 356 g/mol. The Balaban J connectivity index is 0. The summed E-state index contributed by atoms with van der Waals surface area (Å²) in [4.78, 5) is 30.2. The van der Waals surface area contributed by atoms with Crippen molar-refractivity contribution in [3.05, 3.63) is 28.9 Å². The Kier molecular flexibility index (Phi) is 15.7. The number of hydrogen-bond donors (Lipinski definition) is 2. The van der Waals surface area contributed by atoms with Crippen molar-refractivity contribution < 1.29 is 9.59 Å². The molecule has 0 fully saturated rings. The van der Waals surface area contributed by atoms with Gasteiger partial charge in [-0.3, -0.25) is 25.0 Å². The Bertz CT molecular complexity index is 513. The minimum Gasteiger partial charge on any atom is -0.359 e. The fraction of sp³-hybridized carbons (Fsp3) is 0.500. The number of carbonyl (C=O) groups excluding carboxylic acids is 2. The van der Waals surface area contributed by atoms with E-state index in [0.29, 0.717) is 5.84 Å². The molecule has 0 spiro atoms. The lowest BCUT2D eigenvalue weighted by molar-refractivity contribution is -0.130. The van der Waals surface area contributed by atoms with Gasteiger partial charge in [0.2, 0.25) is 11.8 Å². The zero-order chi connectivity index (χ0) is 19.0. The average Bonchev–Trinajstić information content (AvgIpc) is 3.05. The summed E-state index contributed by atoms with van der Waals surface area (Å²) >= 11 is 1.67. The maximum atomic E-state index is 11.3. The van der Waals surface area contributed by atoms with E-state index in [9.17, 15) is 9.59 Å². The van der Waals surface area contributed by atoms with Gasteiger partial charge in [-0.05, 0) is 20.8 Å². The number of hydrazine groups is 1. The molecule has 0 aliphatic rings. The number of amides is 2. The summed E-state index contributed by atoms with van der Waals surface area (Å²) in [6, 6.07) is 0. The lowest BCUT2D eigenvalue weighted by atomic mass is 10.4. The highest BCUT2D eigenvalue weighted by molar-refractivity contribution is 7.09. The largest absolute Gasteiger partial charge is 0.359 e. The molecular weight excluding hydrogens is 326 g/mol. The molecule has 0 saturated carbocycles. The third kappa shape index (κ3) is 13.4. The van der Waals surface area contributed by atoms with Crippen LogP contribution < -0.4 is 10.7 Å². The van der Waals surface area contributed by atoms with Crippen molar-refractivity contribution in [3.8, 4) is 0 Å². The second kappa shape index (κ2) is 15.7. The van der Waals surface area contributed by atoms with Crippen LogP contribution in [0.3, 0.4) is 0 Å². The molecule has 0 unspecified atom stereocenters. The monoisotopic (exact) mass is 355 g/mol. The van der Waals surface area contributed by atoms with Crippen LogP contribution in [0, 0.1) is 6.92 Å².